The minimum Gasteiger partial charge on any atom is -0.385 e. The molecular weight excluding hydrogens is 222 g/mol. The first kappa shape index (κ1) is 11.9. The van der Waals surface area contributed by atoms with Crippen LogP contribution < -0.4 is 5.32 Å². The predicted molar refractivity (Wildman–Crippen MR) is 67.1 cm³/mol. The Balaban J connectivity index is 2.05. The fourth-order valence-corrected chi connectivity index (χ4v) is 2.44. The summed E-state index contributed by atoms with van der Waals surface area (Å²) >= 11 is 5.91. The Hall–Kier alpha value is -0.570. The standard InChI is InChI=1S/C13H18ClNO/c1-16-8-2-7-13(9-15-10-13)11-3-5-12(14)6-4-11/h3-6,15H,2,7-10H2,1H3. The Morgan fingerprint density at radius 3 is 2.50 bits per heavy atom. The third kappa shape index (κ3) is 2.40. The fraction of sp³-hybridized carbons (Fsp3) is 0.538. The summed E-state index contributed by atoms with van der Waals surface area (Å²) in [5, 5.41) is 4.18. The van der Waals surface area contributed by atoms with Gasteiger partial charge in [-0.3, -0.25) is 0 Å². The molecule has 1 aliphatic rings. The van der Waals surface area contributed by atoms with Crippen molar-refractivity contribution in [3.8, 4) is 0 Å². The van der Waals surface area contributed by atoms with Crippen molar-refractivity contribution in [2.45, 2.75) is 18.3 Å². The lowest BCUT2D eigenvalue weighted by atomic mass is 9.72. The highest BCUT2D eigenvalue weighted by Gasteiger charge is 2.37. The van der Waals surface area contributed by atoms with Crippen molar-refractivity contribution in [2.75, 3.05) is 26.8 Å². The lowest BCUT2D eigenvalue weighted by Gasteiger charge is -2.43. The second-order valence-electron chi connectivity index (χ2n) is 4.49. The molecule has 0 spiro atoms. The maximum absolute atomic E-state index is 5.91. The number of hydrogen-bond donors (Lipinski definition) is 1. The molecule has 0 atom stereocenters. The van der Waals surface area contributed by atoms with Gasteiger partial charge in [0.1, 0.15) is 0 Å². The van der Waals surface area contributed by atoms with E-state index in [4.69, 9.17) is 16.3 Å². The van der Waals surface area contributed by atoms with Gasteiger partial charge in [0.15, 0.2) is 0 Å². The molecule has 0 aliphatic carbocycles. The first-order valence-corrected chi connectivity index (χ1v) is 6.10. The van der Waals surface area contributed by atoms with E-state index in [9.17, 15) is 0 Å². The van der Waals surface area contributed by atoms with Gasteiger partial charge in [0, 0.05) is 37.2 Å². The number of benzene rings is 1. The van der Waals surface area contributed by atoms with Crippen molar-refractivity contribution >= 4 is 11.6 Å². The molecule has 88 valence electrons. The average Bonchev–Trinajstić information content (AvgIpc) is 2.24. The molecule has 0 amide bonds. The maximum atomic E-state index is 5.91. The first-order chi connectivity index (χ1) is 7.77. The lowest BCUT2D eigenvalue weighted by Crippen LogP contribution is -2.56. The quantitative estimate of drug-likeness (QED) is 0.798. The molecule has 1 N–H and O–H groups in total. The number of methoxy groups -OCH3 is 1. The topological polar surface area (TPSA) is 21.3 Å². The van der Waals surface area contributed by atoms with Crippen LogP contribution in [0, 0.1) is 0 Å². The van der Waals surface area contributed by atoms with Crippen LogP contribution in [0.5, 0.6) is 0 Å². The van der Waals surface area contributed by atoms with Crippen molar-refractivity contribution in [1.82, 2.24) is 5.32 Å². The van der Waals surface area contributed by atoms with Crippen molar-refractivity contribution in [1.29, 1.82) is 0 Å². The second-order valence-corrected chi connectivity index (χ2v) is 4.92. The van der Waals surface area contributed by atoms with Crippen LogP contribution in [0.3, 0.4) is 0 Å². The predicted octanol–water partition coefficient (Wildman–Crippen LogP) is 2.61. The van der Waals surface area contributed by atoms with E-state index in [1.807, 2.05) is 12.1 Å². The molecule has 0 unspecified atom stereocenters. The second kappa shape index (κ2) is 5.17. The summed E-state index contributed by atoms with van der Waals surface area (Å²) in [4.78, 5) is 0. The van der Waals surface area contributed by atoms with Crippen LogP contribution in [-0.4, -0.2) is 26.8 Å². The fourth-order valence-electron chi connectivity index (χ4n) is 2.31. The highest BCUT2D eigenvalue weighted by Crippen LogP contribution is 2.33. The Kier molecular flexibility index (Phi) is 3.85. The van der Waals surface area contributed by atoms with Crippen molar-refractivity contribution in [3.05, 3.63) is 34.9 Å². The van der Waals surface area contributed by atoms with E-state index in [0.717, 1.165) is 31.1 Å². The van der Waals surface area contributed by atoms with Gasteiger partial charge in [-0.25, -0.2) is 0 Å². The van der Waals surface area contributed by atoms with E-state index in [2.05, 4.69) is 17.4 Å². The minimum absolute atomic E-state index is 0.309. The number of ether oxygens (including phenoxy) is 1. The van der Waals surface area contributed by atoms with Crippen molar-refractivity contribution in [2.24, 2.45) is 0 Å². The molecule has 2 nitrogen and oxygen atoms in total. The summed E-state index contributed by atoms with van der Waals surface area (Å²) in [7, 11) is 1.76. The van der Waals surface area contributed by atoms with Gasteiger partial charge in [-0.05, 0) is 30.5 Å². The summed E-state index contributed by atoms with van der Waals surface area (Å²) in [6, 6.07) is 8.26. The first-order valence-electron chi connectivity index (χ1n) is 5.73. The normalized spacial score (nSPS) is 18.1. The van der Waals surface area contributed by atoms with Crippen LogP contribution in [0.4, 0.5) is 0 Å². The van der Waals surface area contributed by atoms with Gasteiger partial charge < -0.3 is 10.1 Å². The van der Waals surface area contributed by atoms with Crippen molar-refractivity contribution < 1.29 is 4.74 Å². The van der Waals surface area contributed by atoms with Crippen LogP contribution in [-0.2, 0) is 10.2 Å². The summed E-state index contributed by atoms with van der Waals surface area (Å²) in [6.45, 7) is 2.98. The molecule has 1 fully saturated rings. The van der Waals surface area contributed by atoms with Gasteiger partial charge in [0.05, 0.1) is 0 Å². The smallest absolute Gasteiger partial charge is 0.0462 e. The van der Waals surface area contributed by atoms with Crippen LogP contribution in [0.2, 0.25) is 5.02 Å². The molecule has 1 aliphatic heterocycles. The molecule has 0 radical (unpaired) electrons. The molecule has 2 rings (SSSR count). The number of halogens is 1. The molecule has 16 heavy (non-hydrogen) atoms. The van der Waals surface area contributed by atoms with Gasteiger partial charge in [-0.15, -0.1) is 0 Å². The van der Waals surface area contributed by atoms with Crippen LogP contribution in [0.25, 0.3) is 0 Å². The molecule has 0 saturated carbocycles. The van der Waals surface area contributed by atoms with Gasteiger partial charge >= 0.3 is 0 Å². The Bertz CT molecular complexity index is 332. The van der Waals surface area contributed by atoms with Gasteiger partial charge in [-0.1, -0.05) is 23.7 Å². The zero-order chi connectivity index (χ0) is 11.4. The Morgan fingerprint density at radius 2 is 2.00 bits per heavy atom. The minimum atomic E-state index is 0.309. The van der Waals surface area contributed by atoms with Crippen molar-refractivity contribution in [3.63, 3.8) is 0 Å². The molecule has 1 heterocycles. The summed E-state index contributed by atoms with van der Waals surface area (Å²) < 4.78 is 5.12. The summed E-state index contributed by atoms with van der Waals surface area (Å²) in [5.41, 5.74) is 1.70. The van der Waals surface area contributed by atoms with E-state index in [1.165, 1.54) is 12.0 Å². The van der Waals surface area contributed by atoms with Crippen LogP contribution in [0.15, 0.2) is 24.3 Å². The summed E-state index contributed by atoms with van der Waals surface area (Å²) in [5.74, 6) is 0. The molecule has 0 aromatic heterocycles. The molecule has 3 heteroatoms. The molecule has 1 aromatic carbocycles. The van der Waals surface area contributed by atoms with Crippen LogP contribution in [0.1, 0.15) is 18.4 Å². The zero-order valence-corrected chi connectivity index (χ0v) is 10.4. The number of hydrogen-bond acceptors (Lipinski definition) is 2. The Labute approximate surface area is 102 Å². The van der Waals surface area contributed by atoms with Gasteiger partial charge in [-0.2, -0.15) is 0 Å². The van der Waals surface area contributed by atoms with E-state index < -0.39 is 0 Å². The zero-order valence-electron chi connectivity index (χ0n) is 9.63. The largest absolute Gasteiger partial charge is 0.385 e. The number of nitrogens with one attached hydrogen (secondary N) is 1. The number of rotatable bonds is 5. The third-order valence-electron chi connectivity index (χ3n) is 3.39. The van der Waals surface area contributed by atoms with Gasteiger partial charge in [0.25, 0.3) is 0 Å². The van der Waals surface area contributed by atoms with E-state index >= 15 is 0 Å². The van der Waals surface area contributed by atoms with E-state index in [1.54, 1.807) is 7.11 Å². The van der Waals surface area contributed by atoms with E-state index in [0.29, 0.717) is 5.41 Å². The van der Waals surface area contributed by atoms with E-state index in [-0.39, 0.29) is 0 Å². The van der Waals surface area contributed by atoms with Crippen LogP contribution >= 0.6 is 11.6 Å². The summed E-state index contributed by atoms with van der Waals surface area (Å²) in [6.07, 6.45) is 2.29. The maximum Gasteiger partial charge on any atom is 0.0462 e. The molecule has 0 bridgehead atoms. The average molecular weight is 240 g/mol. The molecule has 1 saturated heterocycles. The SMILES string of the molecule is COCCCC1(c2ccc(Cl)cc2)CNC1. The van der Waals surface area contributed by atoms with Gasteiger partial charge in [0.2, 0.25) is 0 Å². The molecule has 1 aromatic rings. The lowest BCUT2D eigenvalue weighted by molar-refractivity contribution is 0.168. The third-order valence-corrected chi connectivity index (χ3v) is 3.64. The molecular formula is C13H18ClNO. The highest BCUT2D eigenvalue weighted by molar-refractivity contribution is 6.30. The monoisotopic (exact) mass is 239 g/mol. The Morgan fingerprint density at radius 1 is 1.31 bits per heavy atom. The highest BCUT2D eigenvalue weighted by atomic mass is 35.5.